The number of likely N-dealkylation sites (N-methyl/N-ethyl adjacent to an activating group) is 1. The van der Waals surface area contributed by atoms with Crippen LogP contribution in [0.2, 0.25) is 0 Å². The van der Waals surface area contributed by atoms with Crippen LogP contribution in [0.3, 0.4) is 0 Å². The second kappa shape index (κ2) is 11.5. The zero-order chi connectivity index (χ0) is 21.2. The molecule has 0 aliphatic heterocycles. The van der Waals surface area contributed by atoms with Crippen molar-refractivity contribution in [2.45, 2.75) is 38.6 Å². The van der Waals surface area contributed by atoms with Gasteiger partial charge in [-0.3, -0.25) is 9.59 Å². The molecule has 29 heavy (non-hydrogen) atoms. The number of methoxy groups -OCH3 is 1. The van der Waals surface area contributed by atoms with Gasteiger partial charge in [-0.2, -0.15) is 0 Å². The van der Waals surface area contributed by atoms with Gasteiger partial charge in [0.25, 0.3) is 0 Å². The number of thioether (sulfide) groups is 1. The predicted octanol–water partition coefficient (Wildman–Crippen LogP) is 3.79. The minimum atomic E-state index is -0.492. The Hall–Kier alpha value is -2.47. The van der Waals surface area contributed by atoms with Crippen molar-refractivity contribution in [1.29, 1.82) is 0 Å². The summed E-state index contributed by atoms with van der Waals surface area (Å²) in [6.07, 6.45) is 0.560. The second-order valence-corrected chi connectivity index (χ2v) is 7.88. The van der Waals surface area contributed by atoms with Gasteiger partial charge in [0.2, 0.25) is 11.8 Å². The number of benzene rings is 2. The molecule has 5 nitrogen and oxygen atoms in total. The van der Waals surface area contributed by atoms with Gasteiger partial charge >= 0.3 is 0 Å². The van der Waals surface area contributed by atoms with E-state index in [0.29, 0.717) is 18.7 Å². The zero-order valence-corrected chi connectivity index (χ0v) is 18.4. The van der Waals surface area contributed by atoms with E-state index in [4.69, 9.17) is 4.74 Å². The maximum Gasteiger partial charge on any atom is 0.242 e. The zero-order valence-electron chi connectivity index (χ0n) is 17.6. The lowest BCUT2D eigenvalue weighted by molar-refractivity contribution is -0.139. The molecule has 156 valence electrons. The van der Waals surface area contributed by atoms with Crippen LogP contribution in [0.5, 0.6) is 5.75 Å². The predicted molar refractivity (Wildman–Crippen MR) is 119 cm³/mol. The van der Waals surface area contributed by atoms with E-state index in [1.165, 1.54) is 11.1 Å². The summed E-state index contributed by atoms with van der Waals surface area (Å²) in [6, 6.07) is 15.4. The smallest absolute Gasteiger partial charge is 0.242 e. The highest BCUT2D eigenvalue weighted by atomic mass is 32.2. The molecular formula is C23H30N2O3S. The Balaban J connectivity index is 2.09. The van der Waals surface area contributed by atoms with Gasteiger partial charge in [-0.05, 0) is 36.6 Å². The average molecular weight is 415 g/mol. The molecule has 0 saturated heterocycles. The molecule has 0 unspecified atom stereocenters. The molecule has 0 aromatic heterocycles. The Morgan fingerprint density at radius 2 is 1.86 bits per heavy atom. The van der Waals surface area contributed by atoms with Crippen LogP contribution in [-0.2, 0) is 21.9 Å². The van der Waals surface area contributed by atoms with Crippen molar-refractivity contribution in [1.82, 2.24) is 10.2 Å². The van der Waals surface area contributed by atoms with E-state index < -0.39 is 6.04 Å². The number of hydrogen-bond acceptors (Lipinski definition) is 4. The summed E-state index contributed by atoms with van der Waals surface area (Å²) in [6.45, 7) is 4.37. The minimum absolute atomic E-state index is 0.0334. The summed E-state index contributed by atoms with van der Waals surface area (Å²) in [4.78, 5) is 27.1. The summed E-state index contributed by atoms with van der Waals surface area (Å²) in [5.41, 5.74) is 3.37. The molecule has 2 aromatic rings. The van der Waals surface area contributed by atoms with Gasteiger partial charge in [0.15, 0.2) is 0 Å². The number of hydrogen-bond donors (Lipinski definition) is 1. The summed E-state index contributed by atoms with van der Waals surface area (Å²) in [5, 5.41) is 2.68. The summed E-state index contributed by atoms with van der Waals surface area (Å²) >= 11 is 1.57. The maximum absolute atomic E-state index is 13.0. The van der Waals surface area contributed by atoms with Gasteiger partial charge in [-0.25, -0.2) is 0 Å². The summed E-state index contributed by atoms with van der Waals surface area (Å²) < 4.78 is 5.20. The van der Waals surface area contributed by atoms with E-state index in [-0.39, 0.29) is 11.8 Å². The molecule has 0 aliphatic carbocycles. The Morgan fingerprint density at radius 1 is 1.14 bits per heavy atom. The molecule has 0 bridgehead atoms. The van der Waals surface area contributed by atoms with Gasteiger partial charge in [0.1, 0.15) is 11.8 Å². The van der Waals surface area contributed by atoms with Crippen LogP contribution in [0.25, 0.3) is 0 Å². The third kappa shape index (κ3) is 6.82. The first-order valence-electron chi connectivity index (χ1n) is 9.75. The van der Waals surface area contributed by atoms with Crippen molar-refractivity contribution >= 4 is 23.6 Å². The van der Waals surface area contributed by atoms with Gasteiger partial charge in [-0.15, -0.1) is 11.8 Å². The highest BCUT2D eigenvalue weighted by Gasteiger charge is 2.27. The first-order valence-corrected chi connectivity index (χ1v) is 10.9. The molecule has 1 N–H and O–H groups in total. The number of carbonyl (C=O) groups excluding carboxylic acids is 2. The molecule has 0 spiro atoms. The van der Waals surface area contributed by atoms with Crippen LogP contribution in [0, 0.1) is 6.92 Å². The fourth-order valence-electron chi connectivity index (χ4n) is 3.15. The van der Waals surface area contributed by atoms with Crippen LogP contribution < -0.4 is 10.1 Å². The van der Waals surface area contributed by atoms with Gasteiger partial charge in [-0.1, -0.05) is 48.9 Å². The minimum Gasteiger partial charge on any atom is -0.497 e. The molecule has 2 aromatic carbocycles. The number of rotatable bonds is 10. The normalized spacial score (nSPS) is 11.6. The fraction of sp³-hybridized carbons (Fsp3) is 0.391. The molecule has 0 heterocycles. The van der Waals surface area contributed by atoms with Crippen LogP contribution in [0.1, 0.15) is 30.0 Å². The Morgan fingerprint density at radius 3 is 2.45 bits per heavy atom. The van der Waals surface area contributed by atoms with Gasteiger partial charge in [0.05, 0.1) is 12.9 Å². The van der Waals surface area contributed by atoms with Crippen molar-refractivity contribution in [3.63, 3.8) is 0 Å². The standard InChI is InChI=1S/C23H30N2O3S/c1-5-21(23(27)24-3)25(14-18-9-11-20(28-4)12-10-18)22(26)16-29-15-19-8-6-7-17(2)13-19/h6-13,21H,5,14-16H2,1-4H3,(H,24,27)/t21-/m0/s1. The average Bonchev–Trinajstić information content (AvgIpc) is 2.73. The topological polar surface area (TPSA) is 58.6 Å². The fourth-order valence-corrected chi connectivity index (χ4v) is 4.01. The van der Waals surface area contributed by atoms with Crippen molar-refractivity contribution in [2.24, 2.45) is 0 Å². The summed E-state index contributed by atoms with van der Waals surface area (Å²) in [7, 11) is 3.22. The lowest BCUT2D eigenvalue weighted by atomic mass is 10.1. The van der Waals surface area contributed by atoms with Crippen molar-refractivity contribution in [3.05, 3.63) is 65.2 Å². The largest absolute Gasteiger partial charge is 0.497 e. The Kier molecular flexibility index (Phi) is 9.06. The molecule has 0 aliphatic rings. The van der Waals surface area contributed by atoms with Gasteiger partial charge in [0, 0.05) is 19.3 Å². The lowest BCUT2D eigenvalue weighted by Crippen LogP contribution is -2.48. The molecule has 0 fully saturated rings. The van der Waals surface area contributed by atoms with Crippen molar-refractivity contribution in [2.75, 3.05) is 19.9 Å². The summed E-state index contributed by atoms with van der Waals surface area (Å²) in [5.74, 6) is 1.68. The molecule has 0 saturated carbocycles. The van der Waals surface area contributed by atoms with Crippen LogP contribution >= 0.6 is 11.8 Å². The number of amides is 2. The van der Waals surface area contributed by atoms with E-state index >= 15 is 0 Å². The molecule has 6 heteroatoms. The molecule has 2 amide bonds. The SMILES string of the molecule is CC[C@@H](C(=O)NC)N(Cc1ccc(OC)cc1)C(=O)CSCc1cccc(C)c1. The van der Waals surface area contributed by atoms with E-state index in [0.717, 1.165) is 17.1 Å². The van der Waals surface area contributed by atoms with E-state index in [1.807, 2.05) is 37.3 Å². The van der Waals surface area contributed by atoms with Crippen LogP contribution in [-0.4, -0.2) is 42.7 Å². The number of ether oxygens (including phenoxy) is 1. The number of nitrogens with one attached hydrogen (secondary N) is 1. The number of nitrogens with zero attached hydrogens (tertiary/aromatic N) is 1. The van der Waals surface area contributed by atoms with Crippen molar-refractivity contribution in [3.8, 4) is 5.75 Å². The van der Waals surface area contributed by atoms with E-state index in [2.05, 4.69) is 30.4 Å². The number of carbonyl (C=O) groups is 2. The lowest BCUT2D eigenvalue weighted by Gasteiger charge is -2.30. The first-order chi connectivity index (χ1) is 14.0. The molecule has 1 atom stereocenters. The highest BCUT2D eigenvalue weighted by Crippen LogP contribution is 2.19. The van der Waals surface area contributed by atoms with E-state index in [1.54, 1.807) is 30.8 Å². The number of aryl methyl sites for hydroxylation is 1. The quantitative estimate of drug-likeness (QED) is 0.643. The maximum atomic E-state index is 13.0. The van der Waals surface area contributed by atoms with Crippen LogP contribution in [0.4, 0.5) is 0 Å². The van der Waals surface area contributed by atoms with Crippen LogP contribution in [0.15, 0.2) is 48.5 Å². The Bertz CT molecular complexity index is 808. The molecular weight excluding hydrogens is 384 g/mol. The first kappa shape index (κ1) is 22.8. The third-order valence-electron chi connectivity index (χ3n) is 4.72. The Labute approximate surface area is 177 Å². The second-order valence-electron chi connectivity index (χ2n) is 6.89. The monoisotopic (exact) mass is 414 g/mol. The van der Waals surface area contributed by atoms with E-state index in [9.17, 15) is 9.59 Å². The van der Waals surface area contributed by atoms with Crippen molar-refractivity contribution < 1.29 is 14.3 Å². The third-order valence-corrected chi connectivity index (χ3v) is 5.71. The highest BCUT2D eigenvalue weighted by molar-refractivity contribution is 7.99. The van der Waals surface area contributed by atoms with Gasteiger partial charge < -0.3 is 15.0 Å². The molecule has 2 rings (SSSR count). The molecule has 0 radical (unpaired) electrons.